The maximum Gasteiger partial charge on any atom is 0.333 e. The molecule has 4 saturated heterocycles. The third-order valence-electron chi connectivity index (χ3n) is 8.81. The molecule has 10 nitrogen and oxygen atoms in total. The number of aromatic amines is 1. The third-order valence-corrected chi connectivity index (χ3v) is 8.81. The third kappa shape index (κ3) is 4.93. The van der Waals surface area contributed by atoms with Crippen molar-refractivity contribution in [2.45, 2.75) is 62.6 Å². The quantitative estimate of drug-likeness (QED) is 0.347. The van der Waals surface area contributed by atoms with Gasteiger partial charge in [0, 0.05) is 53.9 Å². The van der Waals surface area contributed by atoms with Crippen molar-refractivity contribution >= 4 is 34.6 Å². The van der Waals surface area contributed by atoms with Crippen LogP contribution in [0.3, 0.4) is 0 Å². The molecular weight excluding hydrogens is 538 g/mol. The first-order valence-corrected chi connectivity index (χ1v) is 14.0. The fraction of sp³-hybridized carbons (Fsp3) is 0.517. The Morgan fingerprint density at radius 2 is 2.10 bits per heavy atom. The Kier molecular flexibility index (Phi) is 6.95. The molecule has 7 rings (SSSR count). The number of hydrogen-bond acceptors (Lipinski definition) is 6. The molecule has 1 aromatic heterocycles. The maximum absolute atomic E-state index is 15.2. The van der Waals surface area contributed by atoms with E-state index in [0.717, 1.165) is 0 Å². The number of esters is 1. The van der Waals surface area contributed by atoms with Crippen molar-refractivity contribution in [3.05, 3.63) is 41.6 Å². The number of carbonyl (C=O) groups is 4. The van der Waals surface area contributed by atoms with E-state index in [1.807, 2.05) is 0 Å². The Hall–Kier alpha value is -3.96. The van der Waals surface area contributed by atoms with Crippen molar-refractivity contribution in [3.63, 3.8) is 0 Å². The number of ether oxygens (including phenoxy) is 2. The van der Waals surface area contributed by atoms with Crippen molar-refractivity contribution in [1.82, 2.24) is 20.5 Å². The molecule has 3 N–H and O–H groups in total. The van der Waals surface area contributed by atoms with Crippen molar-refractivity contribution in [1.29, 1.82) is 0 Å². The number of alkyl halides is 2. The van der Waals surface area contributed by atoms with Crippen molar-refractivity contribution in [2.75, 3.05) is 20.3 Å². The SMILES string of the molecule is COc1cccc2[nH]c(C(=O)N3[C@@H]4CC[C@H]([C@@H]3C(=O)N[C@@H](/C=C3\CCOC3=O)C[C@@H]3CCNC3=O)C(F)(F)C4)cc12. The summed E-state index contributed by atoms with van der Waals surface area (Å²) >= 11 is 0. The van der Waals surface area contributed by atoms with E-state index in [4.69, 9.17) is 9.47 Å². The van der Waals surface area contributed by atoms with Crippen LogP contribution in [0.15, 0.2) is 35.9 Å². The molecule has 4 aliphatic heterocycles. The predicted octanol–water partition coefficient (Wildman–Crippen LogP) is 2.69. The molecular formula is C29H32F2N4O6. The Morgan fingerprint density at radius 1 is 1.27 bits per heavy atom. The number of rotatable bonds is 7. The highest BCUT2D eigenvalue weighted by Gasteiger charge is 2.60. The predicted molar refractivity (Wildman–Crippen MR) is 142 cm³/mol. The average Bonchev–Trinajstić information content (AvgIpc) is 3.67. The van der Waals surface area contributed by atoms with E-state index in [2.05, 4.69) is 15.6 Å². The molecule has 2 bridgehead atoms. The lowest BCUT2D eigenvalue weighted by Crippen LogP contribution is -2.68. The van der Waals surface area contributed by atoms with Gasteiger partial charge in [0.2, 0.25) is 11.8 Å². The summed E-state index contributed by atoms with van der Waals surface area (Å²) in [6.45, 7) is 0.713. The van der Waals surface area contributed by atoms with Gasteiger partial charge >= 0.3 is 5.97 Å². The smallest absolute Gasteiger partial charge is 0.333 e. The van der Waals surface area contributed by atoms with Crippen molar-refractivity contribution < 1.29 is 37.4 Å². The van der Waals surface area contributed by atoms with Gasteiger partial charge in [0.25, 0.3) is 11.8 Å². The second-order valence-corrected chi connectivity index (χ2v) is 11.3. The zero-order valence-corrected chi connectivity index (χ0v) is 22.6. The molecule has 5 atom stereocenters. The fourth-order valence-electron chi connectivity index (χ4n) is 6.81. The maximum atomic E-state index is 15.2. The molecule has 41 heavy (non-hydrogen) atoms. The highest BCUT2D eigenvalue weighted by Crippen LogP contribution is 2.49. The minimum absolute atomic E-state index is 0.100. The van der Waals surface area contributed by atoms with Crippen LogP contribution >= 0.6 is 0 Å². The number of carbonyl (C=O) groups excluding carboxylic acids is 4. The molecule has 3 amide bonds. The Morgan fingerprint density at radius 3 is 2.78 bits per heavy atom. The molecule has 2 aromatic rings. The van der Waals surface area contributed by atoms with Crippen molar-refractivity contribution in [2.24, 2.45) is 11.8 Å². The van der Waals surface area contributed by atoms with Gasteiger partial charge in [-0.15, -0.1) is 0 Å². The van der Waals surface area contributed by atoms with Gasteiger partial charge in [0.15, 0.2) is 0 Å². The number of piperidine rings is 2. The number of cyclic esters (lactones) is 1. The number of hydrogen-bond donors (Lipinski definition) is 3. The van der Waals surface area contributed by atoms with E-state index in [0.29, 0.717) is 48.0 Å². The van der Waals surface area contributed by atoms with Gasteiger partial charge in [-0.1, -0.05) is 12.1 Å². The number of benzene rings is 1. The van der Waals surface area contributed by atoms with E-state index in [1.54, 1.807) is 30.3 Å². The molecule has 0 unspecified atom stereocenters. The van der Waals surface area contributed by atoms with E-state index < -0.39 is 60.1 Å². The minimum atomic E-state index is -3.13. The molecule has 5 fully saturated rings. The molecule has 218 valence electrons. The molecule has 1 aliphatic carbocycles. The standard InChI is InChI=1S/C29H32F2N4O6/c1-40-23-4-2-3-21-19(23)13-22(34-21)27(38)35-18-5-6-20(29(30,31)14-18)24(35)26(37)33-17(11-15-7-9-32-25(15)36)12-16-8-10-41-28(16)39/h2-4,12-13,15,17-18,20,24,34H,5-11,14H2,1H3,(H,32,36)(H,33,37)/b16-12+/t15-,17+,18+,20+,24+/m0/s1. The van der Waals surface area contributed by atoms with Crippen LogP contribution in [0.5, 0.6) is 5.75 Å². The van der Waals surface area contributed by atoms with Gasteiger partial charge in [0.1, 0.15) is 17.5 Å². The number of methoxy groups -OCH3 is 1. The largest absolute Gasteiger partial charge is 0.496 e. The Labute approximate surface area is 234 Å². The van der Waals surface area contributed by atoms with Crippen LogP contribution in [0.2, 0.25) is 0 Å². The lowest BCUT2D eigenvalue weighted by Gasteiger charge is -2.53. The molecule has 12 heteroatoms. The van der Waals surface area contributed by atoms with Crippen LogP contribution in [-0.2, 0) is 19.1 Å². The first-order valence-electron chi connectivity index (χ1n) is 14.0. The van der Waals surface area contributed by atoms with Gasteiger partial charge in [-0.3, -0.25) is 14.4 Å². The fourth-order valence-corrected chi connectivity index (χ4v) is 6.81. The number of nitrogens with one attached hydrogen (secondary N) is 3. The first-order chi connectivity index (χ1) is 19.7. The molecule has 5 heterocycles. The van der Waals surface area contributed by atoms with Crippen LogP contribution in [0.1, 0.15) is 49.0 Å². The van der Waals surface area contributed by atoms with Gasteiger partial charge in [-0.2, -0.15) is 0 Å². The van der Waals surface area contributed by atoms with E-state index >= 15 is 8.78 Å². The summed E-state index contributed by atoms with van der Waals surface area (Å²) in [5.41, 5.74) is 1.18. The highest BCUT2D eigenvalue weighted by molar-refractivity contribution is 6.02. The van der Waals surface area contributed by atoms with Crippen LogP contribution in [0, 0.1) is 11.8 Å². The van der Waals surface area contributed by atoms with Crippen LogP contribution < -0.4 is 15.4 Å². The first kappa shape index (κ1) is 27.2. The highest BCUT2D eigenvalue weighted by atomic mass is 19.3. The normalized spacial score (nSPS) is 28.6. The lowest BCUT2D eigenvalue weighted by atomic mass is 9.71. The molecule has 0 radical (unpaired) electrons. The Balaban J connectivity index is 1.32. The van der Waals surface area contributed by atoms with Gasteiger partial charge in [0.05, 0.1) is 19.6 Å². The minimum Gasteiger partial charge on any atom is -0.496 e. The summed E-state index contributed by atoms with van der Waals surface area (Å²) in [4.78, 5) is 56.6. The van der Waals surface area contributed by atoms with E-state index in [9.17, 15) is 19.2 Å². The Bertz CT molecular complexity index is 1440. The molecule has 5 aliphatic rings. The van der Waals surface area contributed by atoms with E-state index in [1.165, 1.54) is 12.0 Å². The monoisotopic (exact) mass is 570 g/mol. The number of H-pyrrole nitrogens is 1. The van der Waals surface area contributed by atoms with Crippen LogP contribution in [0.4, 0.5) is 8.78 Å². The van der Waals surface area contributed by atoms with E-state index in [-0.39, 0.29) is 31.0 Å². The summed E-state index contributed by atoms with van der Waals surface area (Å²) in [5, 5.41) is 6.25. The number of halogens is 2. The summed E-state index contributed by atoms with van der Waals surface area (Å²) < 4.78 is 40.9. The second-order valence-electron chi connectivity index (χ2n) is 11.3. The van der Waals surface area contributed by atoms with Crippen molar-refractivity contribution in [3.8, 4) is 5.75 Å². The second kappa shape index (κ2) is 10.5. The number of aromatic nitrogens is 1. The van der Waals surface area contributed by atoms with Crippen LogP contribution in [0.25, 0.3) is 10.9 Å². The summed E-state index contributed by atoms with van der Waals surface area (Å²) in [6.07, 6.45) is 2.61. The summed E-state index contributed by atoms with van der Waals surface area (Å²) in [7, 11) is 1.52. The number of amides is 3. The zero-order chi connectivity index (χ0) is 28.9. The summed E-state index contributed by atoms with van der Waals surface area (Å²) in [5.74, 6) is -6.28. The number of fused-ring (bicyclic) bond motifs is 4. The molecule has 0 spiro atoms. The average molecular weight is 571 g/mol. The van der Waals surface area contributed by atoms with Gasteiger partial charge in [-0.25, -0.2) is 13.6 Å². The summed E-state index contributed by atoms with van der Waals surface area (Å²) in [6, 6.07) is 3.89. The van der Waals surface area contributed by atoms with Crippen LogP contribution in [-0.4, -0.2) is 77.9 Å². The molecule has 1 aromatic carbocycles. The van der Waals surface area contributed by atoms with Gasteiger partial charge < -0.3 is 30.0 Å². The lowest BCUT2D eigenvalue weighted by molar-refractivity contribution is -0.179. The zero-order valence-electron chi connectivity index (χ0n) is 22.6. The topological polar surface area (TPSA) is 130 Å². The number of nitrogens with zero attached hydrogens (tertiary/aromatic N) is 1. The molecule has 1 saturated carbocycles. The van der Waals surface area contributed by atoms with Gasteiger partial charge in [-0.05, 0) is 43.9 Å².